The van der Waals surface area contributed by atoms with Gasteiger partial charge in [0.25, 0.3) is 0 Å². The number of esters is 1. The van der Waals surface area contributed by atoms with Crippen molar-refractivity contribution in [2.45, 2.75) is 164 Å². The summed E-state index contributed by atoms with van der Waals surface area (Å²) in [7, 11) is 0. The molecule has 1 unspecified atom stereocenters. The Hall–Kier alpha value is -3.20. The molecule has 7 rings (SSSR count). The minimum atomic E-state index is -2.55. The molecule has 67 heavy (non-hydrogen) atoms. The van der Waals surface area contributed by atoms with Crippen molar-refractivity contribution in [2.24, 2.45) is 0 Å². The minimum absolute atomic E-state index is 0.122. The summed E-state index contributed by atoms with van der Waals surface area (Å²) in [4.78, 5) is 13.2. The Morgan fingerprint density at radius 1 is 0.836 bits per heavy atom. The molecule has 0 N–H and O–H groups in total. The molecule has 11 atom stereocenters. The van der Waals surface area contributed by atoms with Crippen molar-refractivity contribution in [3.8, 4) is 5.75 Å². The molecule has 4 aliphatic heterocycles. The molecular weight excluding hydrogens is 975 g/mol. The van der Waals surface area contributed by atoms with Crippen LogP contribution in [0.15, 0.2) is 122 Å². The van der Waals surface area contributed by atoms with Crippen molar-refractivity contribution in [1.82, 2.24) is 0 Å². The Kier molecular flexibility index (Phi) is 20.6. The van der Waals surface area contributed by atoms with E-state index in [0.29, 0.717) is 26.1 Å². The van der Waals surface area contributed by atoms with Gasteiger partial charge in [-0.3, -0.25) is 0 Å². The fourth-order valence-electron chi connectivity index (χ4n) is 9.98. The zero-order chi connectivity index (χ0) is 46.9. The predicted molar refractivity (Wildman–Crippen MR) is 267 cm³/mol. The molecule has 4 aliphatic rings. The van der Waals surface area contributed by atoms with E-state index in [-0.39, 0.29) is 24.5 Å². The summed E-state index contributed by atoms with van der Waals surface area (Å²) < 4.78 is 65.2. The molecule has 0 radical (unpaired) electrons. The number of hydrogen-bond acceptors (Lipinski definition) is 10. The van der Waals surface area contributed by atoms with Crippen LogP contribution in [0.1, 0.15) is 90.4 Å². The van der Waals surface area contributed by atoms with Crippen LogP contribution >= 0.6 is 11.6 Å². The predicted octanol–water partition coefficient (Wildman–Crippen LogP) is 12.3. The quantitative estimate of drug-likeness (QED) is 0.0228. The molecule has 0 bridgehead atoms. The number of fused-ring (bicyclic) bond motifs is 3. The summed E-state index contributed by atoms with van der Waals surface area (Å²) in [5, 5.41) is 2.06. The Morgan fingerprint density at radius 3 is 2.33 bits per heavy atom. The van der Waals surface area contributed by atoms with Gasteiger partial charge in [0.1, 0.15) is 12.2 Å². The average molecular weight is 1050 g/mol. The molecule has 0 spiro atoms. The number of halogens is 1. The van der Waals surface area contributed by atoms with Crippen molar-refractivity contribution < 1.29 is 47.4 Å². The van der Waals surface area contributed by atoms with E-state index in [0.717, 1.165) is 26.5 Å². The topological polar surface area (TPSA) is 100 Å². The number of allylic oxidation sites excluding steroid dienone is 1. The number of unbranched alkanes of at least 4 members (excludes halogenated alkanes) is 3. The van der Waals surface area contributed by atoms with Crippen LogP contribution in [0.2, 0.25) is 17.7 Å². The van der Waals surface area contributed by atoms with Gasteiger partial charge in [0, 0.05) is 5.56 Å². The fourth-order valence-corrected chi connectivity index (χ4v) is 25.1. The average Bonchev–Trinajstić information content (AvgIpc) is 3.60. The van der Waals surface area contributed by atoms with Gasteiger partial charge in [-0.15, -0.1) is 6.58 Å². The normalized spacial score (nSPS) is 28.6. The standard InChI is InChI=1S/C43H46ClO10.3C4H9.Sn/c1-3-23-46-41-36(50-35-19-10-11-24-47-40(35)42(41)52-32-20-12-17-28-14-8-9-18-30(28)32)25-39(54-38(45)26-44)51-33-21-13-22-34-37(49-31(33)4-2)27-48-43(53-34)29-15-6-5-7-16-29;3*1-3-4-2;/h3-18,20,22-23,31,33-37,39-43H,1-2,19,21,24-27H2;3*1,3-4H2,2H3;/b22-13-,23-3-;;;;/t31-,33+,34-,35-,36+,37+,39?,40-,41+,42+,43+;;;;/m0..../s1. The fraction of sp³-hybridized carbons (Fsp3) is 0.545. The molecule has 0 saturated carbocycles. The second kappa shape index (κ2) is 26.7. The molecular formula is C55H73ClO10Sn. The van der Waals surface area contributed by atoms with Crippen molar-refractivity contribution in [2.75, 3.05) is 19.1 Å². The Labute approximate surface area is 408 Å². The third kappa shape index (κ3) is 14.2. The Bertz CT molecular complexity index is 2040. The first-order valence-electron chi connectivity index (χ1n) is 24.9. The van der Waals surface area contributed by atoms with Gasteiger partial charge >= 0.3 is 327 Å². The molecule has 0 amide bonds. The van der Waals surface area contributed by atoms with Crippen LogP contribution in [0, 0.1) is 0 Å². The van der Waals surface area contributed by atoms with Crippen LogP contribution in [0.4, 0.5) is 0 Å². The van der Waals surface area contributed by atoms with Crippen LogP contribution in [0.25, 0.3) is 10.8 Å². The number of benzene rings is 3. The van der Waals surface area contributed by atoms with Crippen LogP contribution in [0.3, 0.4) is 0 Å². The van der Waals surface area contributed by atoms with E-state index in [2.05, 4.69) is 57.7 Å². The monoisotopic (exact) mass is 1050 g/mol. The van der Waals surface area contributed by atoms with E-state index in [1.807, 2.05) is 79.1 Å². The van der Waals surface area contributed by atoms with Gasteiger partial charge in [-0.05, 0) is 0 Å². The maximum absolute atomic E-state index is 13.2. The van der Waals surface area contributed by atoms with Crippen molar-refractivity contribution in [3.05, 3.63) is 128 Å². The van der Waals surface area contributed by atoms with E-state index in [1.54, 1.807) is 6.08 Å². The number of alkyl halides is 1. The Morgan fingerprint density at radius 2 is 1.58 bits per heavy atom. The van der Waals surface area contributed by atoms with E-state index in [4.69, 9.17) is 54.2 Å². The van der Waals surface area contributed by atoms with Gasteiger partial charge in [0.15, 0.2) is 6.29 Å². The molecule has 0 aromatic heterocycles. The summed E-state index contributed by atoms with van der Waals surface area (Å²) in [6.45, 7) is 11.8. The molecule has 2 fully saturated rings. The zero-order valence-corrected chi connectivity index (χ0v) is 43.4. The van der Waals surface area contributed by atoms with Gasteiger partial charge in [-0.2, -0.15) is 0 Å². The second-order valence-electron chi connectivity index (χ2n) is 18.4. The third-order valence-corrected chi connectivity index (χ3v) is 29.1. The molecule has 2 saturated heterocycles. The molecule has 10 nitrogen and oxygen atoms in total. The molecule has 12 heteroatoms. The molecule has 3 aromatic carbocycles. The van der Waals surface area contributed by atoms with Crippen LogP contribution < -0.4 is 4.74 Å². The number of ether oxygens (including phenoxy) is 9. The van der Waals surface area contributed by atoms with E-state index in [1.165, 1.54) is 51.8 Å². The number of carbonyl (C=O) groups excluding carboxylic acids is 1. The van der Waals surface area contributed by atoms with E-state index in [9.17, 15) is 4.79 Å². The SMILES string of the molecule is C=C[C@@H]1O[C@@H]2CO[C@@H](c3ccccc3)O[C@H]2/C=C\C[C@H]1OC(C[C@H]1O[C@H]2CC=CCO[C@@H]2[C@@H](Oc2cccc3ccccc23)[C@@H]1O/C=C\[CH2][Sn]([CH2]CCC)([CH2]CCC)[CH2]CCC)OC(=O)CCl. The summed E-state index contributed by atoms with van der Waals surface area (Å²) in [6, 6.07) is 24.2. The van der Waals surface area contributed by atoms with Gasteiger partial charge < -0.3 is 9.47 Å². The Balaban J connectivity index is 1.19. The van der Waals surface area contributed by atoms with Crippen LogP contribution in [0.5, 0.6) is 5.75 Å². The van der Waals surface area contributed by atoms with Gasteiger partial charge in [-0.1, -0.05) is 36.4 Å². The first kappa shape index (κ1) is 51.6. The molecule has 4 heterocycles. The first-order valence-corrected chi connectivity index (χ1v) is 33.5. The van der Waals surface area contributed by atoms with Gasteiger partial charge in [-0.25, -0.2) is 0 Å². The third-order valence-electron chi connectivity index (χ3n) is 13.6. The molecule has 364 valence electrons. The number of hydrogen-bond donors (Lipinski definition) is 0. The maximum atomic E-state index is 13.2. The second-order valence-corrected chi connectivity index (χ2v) is 32.7. The van der Waals surface area contributed by atoms with E-state index < -0.39 is 79.7 Å². The van der Waals surface area contributed by atoms with Crippen LogP contribution in [-0.4, -0.2) is 105 Å². The molecule has 0 aliphatic carbocycles. The summed E-state index contributed by atoms with van der Waals surface area (Å²) in [5.74, 6) is -0.234. The molecule has 3 aromatic rings. The van der Waals surface area contributed by atoms with Crippen molar-refractivity contribution >= 4 is 46.7 Å². The van der Waals surface area contributed by atoms with Gasteiger partial charge in [0.05, 0.1) is 6.61 Å². The number of rotatable bonds is 23. The summed E-state index contributed by atoms with van der Waals surface area (Å²) in [6.07, 6.45) is 16.4. The van der Waals surface area contributed by atoms with E-state index >= 15 is 0 Å². The van der Waals surface area contributed by atoms with Gasteiger partial charge in [0.2, 0.25) is 0 Å². The number of carbonyl (C=O) groups is 1. The summed E-state index contributed by atoms with van der Waals surface area (Å²) in [5.41, 5.74) is 0.939. The first-order chi connectivity index (χ1) is 32.9. The van der Waals surface area contributed by atoms with Crippen molar-refractivity contribution in [1.29, 1.82) is 0 Å². The van der Waals surface area contributed by atoms with Crippen LogP contribution in [-0.2, 0) is 42.7 Å². The summed E-state index contributed by atoms with van der Waals surface area (Å²) >= 11 is 3.56. The zero-order valence-electron chi connectivity index (χ0n) is 39.8. The van der Waals surface area contributed by atoms with Crippen molar-refractivity contribution in [3.63, 3.8) is 0 Å².